The van der Waals surface area contributed by atoms with Gasteiger partial charge in [-0.1, -0.05) is 0 Å². The molecular weight excluding hydrogens is 336 g/mol. The summed E-state index contributed by atoms with van der Waals surface area (Å²) in [5, 5.41) is 14.6. The normalized spacial score (nSPS) is 10.0. The number of rotatable bonds is 4. The van der Waals surface area contributed by atoms with Gasteiger partial charge < -0.3 is 10.6 Å². The Kier molecular flexibility index (Phi) is 4.90. The number of benzene rings is 3. The molecule has 3 aromatic rings. The highest BCUT2D eigenvalue weighted by atomic mass is 19.2. The van der Waals surface area contributed by atoms with Crippen molar-refractivity contribution in [3.8, 4) is 6.07 Å². The largest absolute Gasteiger partial charge is 0.356 e. The molecule has 3 rings (SSSR count). The first kappa shape index (κ1) is 17.1. The molecule has 0 saturated heterocycles. The Bertz CT molecular complexity index is 977. The zero-order valence-corrected chi connectivity index (χ0v) is 13.5. The molecule has 2 N–H and O–H groups in total. The van der Waals surface area contributed by atoms with E-state index in [1.807, 2.05) is 0 Å². The van der Waals surface area contributed by atoms with Crippen molar-refractivity contribution in [2.24, 2.45) is 0 Å². The zero-order valence-electron chi connectivity index (χ0n) is 13.5. The summed E-state index contributed by atoms with van der Waals surface area (Å²) >= 11 is 0. The van der Waals surface area contributed by atoms with Crippen molar-refractivity contribution in [1.29, 1.82) is 5.26 Å². The Morgan fingerprint density at radius 2 is 1.38 bits per heavy atom. The van der Waals surface area contributed by atoms with E-state index in [-0.39, 0.29) is 5.56 Å². The fourth-order valence-corrected chi connectivity index (χ4v) is 2.27. The van der Waals surface area contributed by atoms with Crippen LogP contribution in [0.1, 0.15) is 15.9 Å². The van der Waals surface area contributed by atoms with Crippen LogP contribution in [0, 0.1) is 23.0 Å². The van der Waals surface area contributed by atoms with Gasteiger partial charge in [-0.15, -0.1) is 0 Å². The average molecular weight is 349 g/mol. The van der Waals surface area contributed by atoms with Gasteiger partial charge in [0.05, 0.1) is 11.6 Å². The van der Waals surface area contributed by atoms with Crippen LogP contribution in [0.25, 0.3) is 0 Å². The monoisotopic (exact) mass is 349 g/mol. The lowest BCUT2D eigenvalue weighted by Gasteiger charge is -2.09. The van der Waals surface area contributed by atoms with E-state index in [4.69, 9.17) is 5.26 Å². The third kappa shape index (κ3) is 4.02. The van der Waals surface area contributed by atoms with E-state index in [0.29, 0.717) is 11.3 Å². The van der Waals surface area contributed by atoms with Gasteiger partial charge in [0.25, 0.3) is 5.91 Å². The summed E-state index contributed by atoms with van der Waals surface area (Å²) in [6, 6.07) is 18.9. The molecule has 0 aliphatic carbocycles. The number of carbonyl (C=O) groups is 1. The van der Waals surface area contributed by atoms with Crippen LogP contribution >= 0.6 is 0 Å². The Labute approximate surface area is 148 Å². The Morgan fingerprint density at radius 1 is 0.808 bits per heavy atom. The van der Waals surface area contributed by atoms with Crippen molar-refractivity contribution >= 4 is 23.0 Å². The molecule has 0 spiro atoms. The smallest absolute Gasteiger partial charge is 0.255 e. The van der Waals surface area contributed by atoms with Gasteiger partial charge in [-0.2, -0.15) is 5.26 Å². The number of carbonyl (C=O) groups excluding carboxylic acids is 1. The molecular formula is C20H13F2N3O. The van der Waals surface area contributed by atoms with Crippen LogP contribution < -0.4 is 10.6 Å². The molecule has 6 heteroatoms. The number of anilines is 3. The Balaban J connectivity index is 1.66. The fraction of sp³-hybridized carbons (Fsp3) is 0. The molecule has 0 bridgehead atoms. The number of amides is 1. The zero-order chi connectivity index (χ0) is 18.5. The van der Waals surface area contributed by atoms with Crippen LogP contribution in [0.5, 0.6) is 0 Å². The van der Waals surface area contributed by atoms with E-state index in [1.165, 1.54) is 6.07 Å². The molecule has 0 unspecified atom stereocenters. The van der Waals surface area contributed by atoms with Gasteiger partial charge >= 0.3 is 0 Å². The first-order valence-corrected chi connectivity index (χ1v) is 7.69. The second-order valence-electron chi connectivity index (χ2n) is 5.47. The average Bonchev–Trinajstić information content (AvgIpc) is 2.66. The van der Waals surface area contributed by atoms with Crippen molar-refractivity contribution in [3.63, 3.8) is 0 Å². The van der Waals surface area contributed by atoms with Gasteiger partial charge in [-0.05, 0) is 66.7 Å². The van der Waals surface area contributed by atoms with Gasteiger partial charge in [0.15, 0.2) is 11.6 Å². The van der Waals surface area contributed by atoms with Gasteiger partial charge in [0.1, 0.15) is 0 Å². The van der Waals surface area contributed by atoms with Crippen molar-refractivity contribution in [2.45, 2.75) is 0 Å². The van der Waals surface area contributed by atoms with E-state index in [9.17, 15) is 13.6 Å². The van der Waals surface area contributed by atoms with Crippen molar-refractivity contribution in [2.75, 3.05) is 10.6 Å². The maximum absolute atomic E-state index is 13.2. The summed E-state index contributed by atoms with van der Waals surface area (Å²) in [7, 11) is 0. The lowest BCUT2D eigenvalue weighted by molar-refractivity contribution is 0.102. The number of nitrogens with zero attached hydrogens (tertiary/aromatic N) is 1. The van der Waals surface area contributed by atoms with Gasteiger partial charge in [0.2, 0.25) is 0 Å². The Hall–Kier alpha value is -3.72. The second-order valence-corrected chi connectivity index (χ2v) is 5.47. The van der Waals surface area contributed by atoms with Crippen LogP contribution in [0.3, 0.4) is 0 Å². The van der Waals surface area contributed by atoms with Crippen LogP contribution in [0.15, 0.2) is 66.7 Å². The third-order valence-corrected chi connectivity index (χ3v) is 3.63. The van der Waals surface area contributed by atoms with E-state index in [2.05, 4.69) is 16.7 Å². The lowest BCUT2D eigenvalue weighted by atomic mass is 10.2. The summed E-state index contributed by atoms with van der Waals surface area (Å²) in [5.41, 5.74) is 2.74. The van der Waals surface area contributed by atoms with Crippen molar-refractivity contribution < 1.29 is 13.6 Å². The van der Waals surface area contributed by atoms with Crippen molar-refractivity contribution in [3.05, 3.63) is 89.5 Å². The standard InChI is InChI=1S/C20H13F2N3O/c21-18-10-3-14(11-19(18)22)20(26)25-17-8-6-16(7-9-17)24-15-4-1-13(12-23)2-5-15/h1-11,24H,(H,25,26). The molecule has 0 fully saturated rings. The van der Waals surface area contributed by atoms with Crippen LogP contribution in [0.4, 0.5) is 25.8 Å². The first-order chi connectivity index (χ1) is 12.5. The molecule has 0 saturated carbocycles. The number of nitrogens with one attached hydrogen (secondary N) is 2. The number of hydrogen-bond donors (Lipinski definition) is 2. The molecule has 0 aromatic heterocycles. The summed E-state index contributed by atoms with van der Waals surface area (Å²) < 4.78 is 26.1. The van der Waals surface area contributed by atoms with E-state index in [0.717, 1.165) is 23.5 Å². The first-order valence-electron chi connectivity index (χ1n) is 7.69. The fourth-order valence-electron chi connectivity index (χ4n) is 2.27. The summed E-state index contributed by atoms with van der Waals surface area (Å²) in [6.07, 6.45) is 0. The highest BCUT2D eigenvalue weighted by Gasteiger charge is 2.10. The molecule has 0 aliphatic heterocycles. The number of hydrogen-bond acceptors (Lipinski definition) is 3. The summed E-state index contributed by atoms with van der Waals surface area (Å²) in [5.74, 6) is -2.60. The van der Waals surface area contributed by atoms with Crippen LogP contribution in [-0.2, 0) is 0 Å². The van der Waals surface area contributed by atoms with Crippen molar-refractivity contribution in [1.82, 2.24) is 0 Å². The molecule has 0 aliphatic rings. The maximum atomic E-state index is 13.2. The molecule has 4 nitrogen and oxygen atoms in total. The summed E-state index contributed by atoms with van der Waals surface area (Å²) in [6.45, 7) is 0. The minimum Gasteiger partial charge on any atom is -0.356 e. The maximum Gasteiger partial charge on any atom is 0.255 e. The van der Waals surface area contributed by atoms with Crippen LogP contribution in [-0.4, -0.2) is 5.91 Å². The molecule has 0 atom stereocenters. The van der Waals surface area contributed by atoms with Gasteiger partial charge in [0, 0.05) is 22.6 Å². The summed E-state index contributed by atoms with van der Waals surface area (Å²) in [4.78, 5) is 12.1. The SMILES string of the molecule is N#Cc1ccc(Nc2ccc(NC(=O)c3ccc(F)c(F)c3)cc2)cc1. The molecule has 1 amide bonds. The predicted molar refractivity (Wildman–Crippen MR) is 95.2 cm³/mol. The molecule has 0 radical (unpaired) electrons. The number of halogens is 2. The predicted octanol–water partition coefficient (Wildman–Crippen LogP) is 4.83. The van der Waals surface area contributed by atoms with E-state index < -0.39 is 17.5 Å². The van der Waals surface area contributed by atoms with Gasteiger partial charge in [-0.3, -0.25) is 4.79 Å². The number of nitriles is 1. The second kappa shape index (κ2) is 7.45. The molecule has 3 aromatic carbocycles. The Morgan fingerprint density at radius 3 is 1.96 bits per heavy atom. The lowest BCUT2D eigenvalue weighted by Crippen LogP contribution is -2.12. The highest BCUT2D eigenvalue weighted by molar-refractivity contribution is 6.04. The van der Waals surface area contributed by atoms with Crippen LogP contribution in [0.2, 0.25) is 0 Å². The minimum absolute atomic E-state index is 0.0312. The topological polar surface area (TPSA) is 64.9 Å². The van der Waals surface area contributed by atoms with E-state index in [1.54, 1.807) is 48.5 Å². The third-order valence-electron chi connectivity index (χ3n) is 3.63. The quantitative estimate of drug-likeness (QED) is 0.709. The minimum atomic E-state index is -1.07. The van der Waals surface area contributed by atoms with E-state index >= 15 is 0 Å². The molecule has 26 heavy (non-hydrogen) atoms. The highest BCUT2D eigenvalue weighted by Crippen LogP contribution is 2.20. The molecule has 0 heterocycles. The molecule has 128 valence electrons. The van der Waals surface area contributed by atoms with Gasteiger partial charge in [-0.25, -0.2) is 8.78 Å².